The number of benzene rings is 1. The fourth-order valence-electron chi connectivity index (χ4n) is 1.46. The maximum absolute atomic E-state index is 8.80. The number of aliphatic hydroxyl groups is 1. The first-order valence-corrected chi connectivity index (χ1v) is 4.82. The number of aliphatic hydroxyl groups excluding tert-OH is 1. The molecule has 2 aromatic rings. The Hall–Kier alpha value is -1.81. The predicted molar refractivity (Wildman–Crippen MR) is 58.8 cm³/mol. The molecular formula is C11H13N3O. The third-order valence-electron chi connectivity index (χ3n) is 2.16. The van der Waals surface area contributed by atoms with Crippen molar-refractivity contribution in [2.75, 3.05) is 12.3 Å². The topological polar surface area (TPSA) is 64.1 Å². The van der Waals surface area contributed by atoms with Gasteiger partial charge < -0.3 is 10.8 Å². The number of nitrogens with zero attached hydrogens (tertiary/aromatic N) is 2. The van der Waals surface area contributed by atoms with Gasteiger partial charge in [0.05, 0.1) is 11.4 Å². The fourth-order valence-corrected chi connectivity index (χ4v) is 1.46. The van der Waals surface area contributed by atoms with Crippen molar-refractivity contribution in [3.63, 3.8) is 0 Å². The van der Waals surface area contributed by atoms with Crippen LogP contribution in [0.5, 0.6) is 0 Å². The Bertz CT molecular complexity index is 436. The lowest BCUT2D eigenvalue weighted by Crippen LogP contribution is -2.01. The summed E-state index contributed by atoms with van der Waals surface area (Å²) in [6.45, 7) is 0.0885. The van der Waals surface area contributed by atoms with Crippen LogP contribution in [0.4, 0.5) is 5.82 Å². The Morgan fingerprint density at radius 1 is 1.27 bits per heavy atom. The average molecular weight is 203 g/mol. The molecule has 0 aliphatic heterocycles. The Morgan fingerprint density at radius 2 is 2.00 bits per heavy atom. The summed E-state index contributed by atoms with van der Waals surface area (Å²) < 4.78 is 1.67. The lowest BCUT2D eigenvalue weighted by Gasteiger charge is -2.02. The van der Waals surface area contributed by atoms with Crippen molar-refractivity contribution in [2.24, 2.45) is 0 Å². The van der Waals surface area contributed by atoms with E-state index in [0.717, 1.165) is 11.4 Å². The van der Waals surface area contributed by atoms with Crippen LogP contribution >= 0.6 is 0 Å². The van der Waals surface area contributed by atoms with E-state index in [4.69, 9.17) is 10.8 Å². The van der Waals surface area contributed by atoms with Crippen molar-refractivity contribution >= 4 is 5.82 Å². The predicted octanol–water partition coefficient (Wildman–Crippen LogP) is 0.989. The van der Waals surface area contributed by atoms with Crippen molar-refractivity contribution in [3.8, 4) is 5.69 Å². The van der Waals surface area contributed by atoms with Gasteiger partial charge in [-0.15, -0.1) is 0 Å². The van der Waals surface area contributed by atoms with E-state index in [1.54, 1.807) is 10.7 Å². The molecule has 0 saturated carbocycles. The first kappa shape index (κ1) is 9.73. The van der Waals surface area contributed by atoms with Crippen LogP contribution in [0.1, 0.15) is 5.69 Å². The third-order valence-corrected chi connectivity index (χ3v) is 2.16. The van der Waals surface area contributed by atoms with Crippen LogP contribution in [0.25, 0.3) is 5.69 Å². The molecule has 1 heterocycles. The Morgan fingerprint density at radius 3 is 2.67 bits per heavy atom. The number of aromatic nitrogens is 2. The van der Waals surface area contributed by atoms with Gasteiger partial charge in [0.2, 0.25) is 0 Å². The van der Waals surface area contributed by atoms with Crippen LogP contribution in [0.2, 0.25) is 0 Å². The highest BCUT2D eigenvalue weighted by atomic mass is 16.3. The molecule has 0 aliphatic rings. The maximum Gasteiger partial charge on any atom is 0.127 e. The molecule has 0 saturated heterocycles. The van der Waals surface area contributed by atoms with Crippen LogP contribution in [0.15, 0.2) is 36.4 Å². The molecule has 0 atom stereocenters. The Balaban J connectivity index is 2.36. The minimum Gasteiger partial charge on any atom is -0.396 e. The summed E-state index contributed by atoms with van der Waals surface area (Å²) in [7, 11) is 0. The van der Waals surface area contributed by atoms with E-state index in [9.17, 15) is 0 Å². The second kappa shape index (κ2) is 4.14. The summed E-state index contributed by atoms with van der Waals surface area (Å²) in [6.07, 6.45) is 0.532. The van der Waals surface area contributed by atoms with Crippen LogP contribution in [-0.4, -0.2) is 21.5 Å². The van der Waals surface area contributed by atoms with Gasteiger partial charge in [-0.25, -0.2) is 4.68 Å². The lowest BCUT2D eigenvalue weighted by molar-refractivity contribution is 0.298. The zero-order valence-corrected chi connectivity index (χ0v) is 8.30. The minimum absolute atomic E-state index is 0.0885. The second-order valence-corrected chi connectivity index (χ2v) is 3.28. The first-order chi connectivity index (χ1) is 7.31. The van der Waals surface area contributed by atoms with Crippen LogP contribution in [0, 0.1) is 0 Å². The highest BCUT2D eigenvalue weighted by Crippen LogP contribution is 2.14. The molecule has 1 aromatic heterocycles. The third kappa shape index (κ3) is 1.99. The molecule has 78 valence electrons. The van der Waals surface area contributed by atoms with Gasteiger partial charge in [-0.05, 0) is 12.1 Å². The molecule has 0 unspecified atom stereocenters. The molecule has 0 spiro atoms. The van der Waals surface area contributed by atoms with Crippen LogP contribution < -0.4 is 5.73 Å². The number of para-hydroxylation sites is 1. The number of hydrogen-bond acceptors (Lipinski definition) is 3. The summed E-state index contributed by atoms with van der Waals surface area (Å²) in [5.41, 5.74) is 7.56. The SMILES string of the molecule is Nc1cc(CCO)nn1-c1ccccc1. The molecule has 4 heteroatoms. The molecule has 1 aromatic carbocycles. The molecular weight excluding hydrogens is 190 g/mol. The summed E-state index contributed by atoms with van der Waals surface area (Å²) in [5, 5.41) is 13.1. The highest BCUT2D eigenvalue weighted by molar-refractivity contribution is 5.42. The lowest BCUT2D eigenvalue weighted by atomic mass is 10.3. The smallest absolute Gasteiger partial charge is 0.127 e. The Labute approximate surface area is 88.0 Å². The molecule has 0 fully saturated rings. The molecule has 2 rings (SSSR count). The van der Waals surface area contributed by atoms with Gasteiger partial charge in [-0.2, -0.15) is 5.10 Å². The first-order valence-electron chi connectivity index (χ1n) is 4.82. The van der Waals surface area contributed by atoms with E-state index in [1.807, 2.05) is 30.3 Å². The molecule has 3 N–H and O–H groups in total. The van der Waals surface area contributed by atoms with Gasteiger partial charge in [0.15, 0.2) is 0 Å². The van der Waals surface area contributed by atoms with E-state index in [-0.39, 0.29) is 6.61 Å². The van der Waals surface area contributed by atoms with Crippen LogP contribution in [-0.2, 0) is 6.42 Å². The van der Waals surface area contributed by atoms with E-state index < -0.39 is 0 Å². The number of nitrogen functional groups attached to an aromatic ring is 1. The summed E-state index contributed by atoms with van der Waals surface area (Å²) in [6, 6.07) is 11.5. The van der Waals surface area contributed by atoms with E-state index in [0.29, 0.717) is 12.2 Å². The quantitative estimate of drug-likeness (QED) is 0.781. The van der Waals surface area contributed by atoms with Gasteiger partial charge in [0, 0.05) is 19.1 Å². The summed E-state index contributed by atoms with van der Waals surface area (Å²) >= 11 is 0. The highest BCUT2D eigenvalue weighted by Gasteiger charge is 2.05. The average Bonchev–Trinajstić information content (AvgIpc) is 2.61. The molecule has 0 aliphatic carbocycles. The largest absolute Gasteiger partial charge is 0.396 e. The Kier molecular flexibility index (Phi) is 2.69. The minimum atomic E-state index is 0.0885. The van der Waals surface area contributed by atoms with Crippen molar-refractivity contribution in [2.45, 2.75) is 6.42 Å². The number of nitrogens with two attached hydrogens (primary N) is 1. The van der Waals surface area contributed by atoms with Gasteiger partial charge in [-0.1, -0.05) is 18.2 Å². The number of rotatable bonds is 3. The van der Waals surface area contributed by atoms with E-state index >= 15 is 0 Å². The number of hydrogen-bond donors (Lipinski definition) is 2. The zero-order chi connectivity index (χ0) is 10.7. The normalized spacial score (nSPS) is 10.5. The van der Waals surface area contributed by atoms with Gasteiger partial charge in [0.1, 0.15) is 5.82 Å². The van der Waals surface area contributed by atoms with Gasteiger partial charge >= 0.3 is 0 Å². The van der Waals surface area contributed by atoms with Crippen molar-refractivity contribution in [3.05, 3.63) is 42.1 Å². The van der Waals surface area contributed by atoms with Crippen molar-refractivity contribution in [1.82, 2.24) is 9.78 Å². The number of anilines is 1. The molecule has 4 nitrogen and oxygen atoms in total. The molecule has 0 amide bonds. The zero-order valence-electron chi connectivity index (χ0n) is 8.30. The van der Waals surface area contributed by atoms with Crippen molar-refractivity contribution in [1.29, 1.82) is 0 Å². The standard InChI is InChI=1S/C11H13N3O/c12-11-8-9(6-7-15)13-14(11)10-4-2-1-3-5-10/h1-5,8,15H,6-7,12H2. The molecule has 0 bridgehead atoms. The van der Waals surface area contributed by atoms with E-state index in [2.05, 4.69) is 5.10 Å². The molecule has 15 heavy (non-hydrogen) atoms. The van der Waals surface area contributed by atoms with Crippen molar-refractivity contribution < 1.29 is 5.11 Å². The van der Waals surface area contributed by atoms with Gasteiger partial charge in [-0.3, -0.25) is 0 Å². The fraction of sp³-hybridized carbons (Fsp3) is 0.182. The molecule has 0 radical (unpaired) electrons. The second-order valence-electron chi connectivity index (χ2n) is 3.28. The summed E-state index contributed by atoms with van der Waals surface area (Å²) in [5.74, 6) is 0.588. The van der Waals surface area contributed by atoms with Gasteiger partial charge in [0.25, 0.3) is 0 Å². The van der Waals surface area contributed by atoms with Crippen LogP contribution in [0.3, 0.4) is 0 Å². The maximum atomic E-state index is 8.80. The van der Waals surface area contributed by atoms with E-state index in [1.165, 1.54) is 0 Å². The summed E-state index contributed by atoms with van der Waals surface area (Å²) in [4.78, 5) is 0. The monoisotopic (exact) mass is 203 g/mol.